The Kier molecular flexibility index (Phi) is 3.85. The van der Waals surface area contributed by atoms with Gasteiger partial charge in [-0.05, 0) is 20.3 Å². The molecule has 2 atom stereocenters. The van der Waals surface area contributed by atoms with Crippen LogP contribution in [0.25, 0.3) is 0 Å². The summed E-state index contributed by atoms with van der Waals surface area (Å²) in [5.41, 5.74) is 6.47. The van der Waals surface area contributed by atoms with Gasteiger partial charge in [0.1, 0.15) is 0 Å². The summed E-state index contributed by atoms with van der Waals surface area (Å²) in [4.78, 5) is 2.46. The first-order valence-electron chi connectivity index (χ1n) is 6.28. The first-order valence-corrected chi connectivity index (χ1v) is 6.28. The number of nitrogens with two attached hydrogens (primary N) is 1. The van der Waals surface area contributed by atoms with Gasteiger partial charge in [0.25, 0.3) is 0 Å². The molecule has 0 saturated carbocycles. The van der Waals surface area contributed by atoms with Gasteiger partial charge in [0.15, 0.2) is 0 Å². The molecule has 0 bridgehead atoms. The van der Waals surface area contributed by atoms with Gasteiger partial charge in [0.2, 0.25) is 0 Å². The minimum Gasteiger partial charge on any atom is -0.381 e. The molecule has 2 N–H and O–H groups in total. The molecule has 2 rings (SSSR count). The smallest absolute Gasteiger partial charge is 0.0594 e. The van der Waals surface area contributed by atoms with E-state index in [0.29, 0.717) is 5.92 Å². The van der Waals surface area contributed by atoms with Gasteiger partial charge in [0, 0.05) is 37.2 Å². The van der Waals surface area contributed by atoms with E-state index in [-0.39, 0.29) is 11.6 Å². The van der Waals surface area contributed by atoms with Gasteiger partial charge in [-0.3, -0.25) is 4.90 Å². The zero-order valence-corrected chi connectivity index (χ0v) is 10.4. The maximum absolute atomic E-state index is 6.43. The molecule has 0 aliphatic carbocycles. The van der Waals surface area contributed by atoms with E-state index < -0.39 is 0 Å². The third kappa shape index (κ3) is 2.40. The highest BCUT2D eigenvalue weighted by atomic mass is 16.5. The summed E-state index contributed by atoms with van der Waals surface area (Å²) in [6.45, 7) is 9.85. The van der Waals surface area contributed by atoms with Crippen molar-refractivity contribution in [2.45, 2.75) is 31.8 Å². The van der Waals surface area contributed by atoms with Crippen LogP contribution in [0.2, 0.25) is 0 Å². The van der Waals surface area contributed by atoms with E-state index in [1.165, 1.54) is 0 Å². The number of nitrogens with zero attached hydrogens (tertiary/aromatic N) is 1. The molecule has 0 radical (unpaired) electrons. The highest BCUT2D eigenvalue weighted by Crippen LogP contribution is 2.28. The average Bonchev–Trinajstić information content (AvgIpc) is 2.82. The molecule has 0 aromatic heterocycles. The molecule has 4 nitrogen and oxygen atoms in total. The van der Waals surface area contributed by atoms with E-state index in [1.54, 1.807) is 0 Å². The van der Waals surface area contributed by atoms with E-state index in [1.807, 2.05) is 0 Å². The van der Waals surface area contributed by atoms with Crippen LogP contribution in [0, 0.1) is 5.92 Å². The Morgan fingerprint density at radius 1 is 1.19 bits per heavy atom. The van der Waals surface area contributed by atoms with Gasteiger partial charge in [-0.1, -0.05) is 0 Å². The van der Waals surface area contributed by atoms with Gasteiger partial charge >= 0.3 is 0 Å². The number of ether oxygens (including phenoxy) is 2. The van der Waals surface area contributed by atoms with Crippen molar-refractivity contribution in [1.82, 2.24) is 4.90 Å². The van der Waals surface area contributed by atoms with Gasteiger partial charge in [0.05, 0.1) is 19.8 Å². The summed E-state index contributed by atoms with van der Waals surface area (Å²) in [5.74, 6) is 0.512. The number of morpholine rings is 1. The summed E-state index contributed by atoms with van der Waals surface area (Å²) in [6.07, 6.45) is 1.11. The molecule has 2 fully saturated rings. The summed E-state index contributed by atoms with van der Waals surface area (Å²) in [5, 5.41) is 0. The molecule has 2 saturated heterocycles. The Morgan fingerprint density at radius 2 is 1.88 bits per heavy atom. The number of hydrogen-bond acceptors (Lipinski definition) is 4. The second kappa shape index (κ2) is 5.00. The van der Waals surface area contributed by atoms with Crippen molar-refractivity contribution < 1.29 is 9.47 Å². The van der Waals surface area contributed by atoms with Crippen LogP contribution in [0.15, 0.2) is 0 Å². The van der Waals surface area contributed by atoms with E-state index >= 15 is 0 Å². The molecular formula is C12H24N2O2. The van der Waals surface area contributed by atoms with Gasteiger partial charge < -0.3 is 15.2 Å². The van der Waals surface area contributed by atoms with Gasteiger partial charge in [-0.25, -0.2) is 0 Å². The predicted octanol–water partition coefficient (Wildman–Crippen LogP) is 0.461. The van der Waals surface area contributed by atoms with E-state index in [2.05, 4.69) is 18.7 Å². The Labute approximate surface area is 98.1 Å². The topological polar surface area (TPSA) is 47.7 Å². The quantitative estimate of drug-likeness (QED) is 0.762. The Hall–Kier alpha value is -0.160. The zero-order chi connectivity index (χ0) is 11.6. The highest BCUT2D eigenvalue weighted by Gasteiger charge is 2.39. The van der Waals surface area contributed by atoms with Crippen LogP contribution in [0.5, 0.6) is 0 Å². The lowest BCUT2D eigenvalue weighted by Crippen LogP contribution is -2.61. The highest BCUT2D eigenvalue weighted by molar-refractivity contribution is 4.96. The van der Waals surface area contributed by atoms with E-state index in [4.69, 9.17) is 15.2 Å². The summed E-state index contributed by atoms with van der Waals surface area (Å²) in [7, 11) is 0. The molecule has 94 valence electrons. The SMILES string of the molecule is CC(C)(C(N)C1CCOC1)N1CCOCC1. The summed E-state index contributed by atoms with van der Waals surface area (Å²) < 4.78 is 10.8. The van der Waals surface area contributed by atoms with Crippen molar-refractivity contribution in [3.8, 4) is 0 Å². The third-order valence-corrected chi connectivity index (χ3v) is 4.11. The van der Waals surface area contributed by atoms with Crippen molar-refractivity contribution in [2.75, 3.05) is 39.5 Å². The van der Waals surface area contributed by atoms with Crippen LogP contribution in [0.3, 0.4) is 0 Å². The fraction of sp³-hybridized carbons (Fsp3) is 1.00. The molecule has 2 aliphatic rings. The van der Waals surface area contributed by atoms with Crippen LogP contribution in [0.1, 0.15) is 20.3 Å². The molecule has 0 aromatic carbocycles. The fourth-order valence-electron chi connectivity index (χ4n) is 2.76. The van der Waals surface area contributed by atoms with Crippen LogP contribution in [-0.2, 0) is 9.47 Å². The first kappa shape index (κ1) is 12.3. The third-order valence-electron chi connectivity index (χ3n) is 4.11. The lowest BCUT2D eigenvalue weighted by atomic mass is 9.83. The largest absolute Gasteiger partial charge is 0.381 e. The van der Waals surface area contributed by atoms with Crippen LogP contribution in [-0.4, -0.2) is 56.0 Å². The monoisotopic (exact) mass is 228 g/mol. The second-order valence-corrected chi connectivity index (χ2v) is 5.40. The van der Waals surface area contributed by atoms with Gasteiger partial charge in [-0.15, -0.1) is 0 Å². The van der Waals surface area contributed by atoms with Crippen molar-refractivity contribution in [3.63, 3.8) is 0 Å². The first-order chi connectivity index (χ1) is 7.62. The Bertz CT molecular complexity index is 221. The molecule has 0 amide bonds. The Balaban J connectivity index is 1.98. The molecule has 2 heterocycles. The van der Waals surface area contributed by atoms with Crippen molar-refractivity contribution >= 4 is 0 Å². The lowest BCUT2D eigenvalue weighted by Gasteiger charge is -2.46. The maximum atomic E-state index is 6.43. The van der Waals surface area contributed by atoms with E-state index in [0.717, 1.165) is 45.9 Å². The van der Waals surface area contributed by atoms with Gasteiger partial charge in [-0.2, -0.15) is 0 Å². The molecular weight excluding hydrogens is 204 g/mol. The minimum atomic E-state index is 0.0438. The standard InChI is InChI=1S/C12H24N2O2/c1-12(2,14-4-7-15-8-5-14)11(13)10-3-6-16-9-10/h10-11H,3-9,13H2,1-2H3. The van der Waals surface area contributed by atoms with Crippen LogP contribution >= 0.6 is 0 Å². The van der Waals surface area contributed by atoms with E-state index in [9.17, 15) is 0 Å². The fourth-order valence-corrected chi connectivity index (χ4v) is 2.76. The molecule has 0 spiro atoms. The van der Waals surface area contributed by atoms with Crippen molar-refractivity contribution in [3.05, 3.63) is 0 Å². The normalized spacial score (nSPS) is 30.6. The van der Waals surface area contributed by atoms with Crippen LogP contribution in [0.4, 0.5) is 0 Å². The maximum Gasteiger partial charge on any atom is 0.0594 e. The summed E-state index contributed by atoms with van der Waals surface area (Å²) >= 11 is 0. The number of rotatable bonds is 3. The predicted molar refractivity (Wildman–Crippen MR) is 63.4 cm³/mol. The molecule has 2 unspecified atom stereocenters. The molecule has 0 aromatic rings. The zero-order valence-electron chi connectivity index (χ0n) is 10.4. The van der Waals surface area contributed by atoms with Crippen LogP contribution < -0.4 is 5.73 Å². The summed E-state index contributed by atoms with van der Waals surface area (Å²) in [6, 6.07) is 0.188. The van der Waals surface area contributed by atoms with Crippen molar-refractivity contribution in [1.29, 1.82) is 0 Å². The Morgan fingerprint density at radius 3 is 2.44 bits per heavy atom. The molecule has 16 heavy (non-hydrogen) atoms. The van der Waals surface area contributed by atoms with Crippen molar-refractivity contribution in [2.24, 2.45) is 11.7 Å². The lowest BCUT2D eigenvalue weighted by molar-refractivity contribution is -0.0261. The average molecular weight is 228 g/mol. The minimum absolute atomic E-state index is 0.0438. The molecule has 2 aliphatic heterocycles. The number of hydrogen-bond donors (Lipinski definition) is 1. The second-order valence-electron chi connectivity index (χ2n) is 5.40. The molecule has 4 heteroatoms.